The molecule has 2 aromatic rings. The molecule has 0 aliphatic heterocycles. The van der Waals surface area contributed by atoms with Crippen LogP contribution in [0, 0.1) is 6.92 Å². The Labute approximate surface area is 138 Å². The van der Waals surface area contributed by atoms with Gasteiger partial charge in [0.2, 0.25) is 6.54 Å². The topological polar surface area (TPSA) is 33.0 Å². The summed E-state index contributed by atoms with van der Waals surface area (Å²) in [7, 11) is 0. The van der Waals surface area contributed by atoms with Crippen LogP contribution in [0.25, 0.3) is 0 Å². The zero-order valence-electron chi connectivity index (χ0n) is 14.0. The number of rotatable bonds is 4. The highest BCUT2D eigenvalue weighted by molar-refractivity contribution is 5.75. The Morgan fingerprint density at radius 3 is 2.91 bits per heavy atom. The van der Waals surface area contributed by atoms with Crippen molar-refractivity contribution in [3.05, 3.63) is 65.0 Å². The lowest BCUT2D eigenvalue weighted by atomic mass is 9.88. The number of carbonyl (C=O) groups is 1. The number of nitrogens with zero attached hydrogens (tertiary/aromatic N) is 1. The van der Waals surface area contributed by atoms with E-state index in [9.17, 15) is 4.79 Å². The third-order valence-corrected chi connectivity index (χ3v) is 4.74. The van der Waals surface area contributed by atoms with Gasteiger partial charge in [-0.1, -0.05) is 31.2 Å². The van der Waals surface area contributed by atoms with Crippen LogP contribution in [0.2, 0.25) is 0 Å². The molecule has 1 aliphatic rings. The lowest BCUT2D eigenvalue weighted by Crippen LogP contribution is -2.46. The number of aryl methyl sites for hydroxylation is 3. The number of hydrogen-bond acceptors (Lipinski definition) is 1. The van der Waals surface area contributed by atoms with E-state index in [0.29, 0.717) is 6.54 Å². The van der Waals surface area contributed by atoms with Gasteiger partial charge in [0.05, 0.1) is 6.04 Å². The number of pyridine rings is 1. The number of hydrogen-bond donors (Lipinski definition) is 1. The van der Waals surface area contributed by atoms with Crippen molar-refractivity contribution >= 4 is 5.91 Å². The van der Waals surface area contributed by atoms with Crippen LogP contribution in [-0.2, 0) is 24.2 Å². The maximum atomic E-state index is 12.5. The fourth-order valence-corrected chi connectivity index (χ4v) is 3.35. The van der Waals surface area contributed by atoms with Gasteiger partial charge < -0.3 is 5.32 Å². The predicted octanol–water partition coefficient (Wildman–Crippen LogP) is 3.04. The van der Waals surface area contributed by atoms with Gasteiger partial charge in [-0.2, -0.15) is 4.57 Å². The van der Waals surface area contributed by atoms with Gasteiger partial charge in [-0.15, -0.1) is 0 Å². The van der Waals surface area contributed by atoms with Crippen molar-refractivity contribution in [2.24, 2.45) is 0 Å². The van der Waals surface area contributed by atoms with Crippen molar-refractivity contribution in [2.45, 2.75) is 52.1 Å². The quantitative estimate of drug-likeness (QED) is 0.865. The molecule has 3 nitrogen and oxygen atoms in total. The molecule has 120 valence electrons. The average Bonchev–Trinajstić information content (AvgIpc) is 2.57. The maximum absolute atomic E-state index is 12.5. The Hall–Kier alpha value is -2.16. The number of carbonyl (C=O) groups excluding carboxylic acids is 1. The van der Waals surface area contributed by atoms with E-state index in [0.717, 1.165) is 31.4 Å². The standard InChI is InChI=1S/C20H24N2O/c1-3-16-12-11-15(2)22(13-16)14-20(23)21-19-10-6-8-17-7-4-5-9-18(17)19/h4-5,7,9,11-13,19H,3,6,8,10,14H2,1-2H3/p+1/t19-/m1/s1. The van der Waals surface area contributed by atoms with Gasteiger partial charge in [-0.25, -0.2) is 0 Å². The minimum Gasteiger partial charge on any atom is -0.344 e. The lowest BCUT2D eigenvalue weighted by molar-refractivity contribution is -0.690. The van der Waals surface area contributed by atoms with Crippen LogP contribution >= 0.6 is 0 Å². The van der Waals surface area contributed by atoms with Crippen LogP contribution < -0.4 is 9.88 Å². The second-order valence-electron chi connectivity index (χ2n) is 6.37. The molecule has 0 saturated heterocycles. The molecular formula is C20H25N2O+. The number of aromatic nitrogens is 1. The monoisotopic (exact) mass is 309 g/mol. The zero-order valence-corrected chi connectivity index (χ0v) is 14.0. The van der Waals surface area contributed by atoms with Crippen LogP contribution in [0.15, 0.2) is 42.6 Å². The van der Waals surface area contributed by atoms with Crippen LogP contribution in [-0.4, -0.2) is 5.91 Å². The molecule has 0 radical (unpaired) electrons. The van der Waals surface area contributed by atoms with E-state index in [-0.39, 0.29) is 11.9 Å². The fraction of sp³-hybridized carbons (Fsp3) is 0.400. The molecule has 1 heterocycles. The van der Waals surface area contributed by atoms with E-state index in [1.165, 1.54) is 16.7 Å². The largest absolute Gasteiger partial charge is 0.344 e. The fourth-order valence-electron chi connectivity index (χ4n) is 3.35. The van der Waals surface area contributed by atoms with Crippen molar-refractivity contribution in [1.82, 2.24) is 5.32 Å². The van der Waals surface area contributed by atoms with E-state index < -0.39 is 0 Å². The smallest absolute Gasteiger partial charge is 0.286 e. The highest BCUT2D eigenvalue weighted by Crippen LogP contribution is 2.29. The summed E-state index contributed by atoms with van der Waals surface area (Å²) in [4.78, 5) is 12.5. The summed E-state index contributed by atoms with van der Waals surface area (Å²) < 4.78 is 2.04. The molecule has 1 aliphatic carbocycles. The zero-order chi connectivity index (χ0) is 16.2. The molecular weight excluding hydrogens is 284 g/mol. The molecule has 3 rings (SSSR count). The molecule has 3 heteroatoms. The van der Waals surface area contributed by atoms with E-state index >= 15 is 0 Å². The van der Waals surface area contributed by atoms with Crippen LogP contribution in [0.3, 0.4) is 0 Å². The Morgan fingerprint density at radius 2 is 2.09 bits per heavy atom. The SMILES string of the molecule is CCc1ccc(C)[n+](CC(=O)N[C@@H]2CCCc3ccccc32)c1. The van der Waals surface area contributed by atoms with Crippen molar-refractivity contribution < 1.29 is 9.36 Å². The normalized spacial score (nSPS) is 16.7. The van der Waals surface area contributed by atoms with E-state index in [1.54, 1.807) is 0 Å². The summed E-state index contributed by atoms with van der Waals surface area (Å²) in [5.74, 6) is 0.0908. The molecule has 0 spiro atoms. The number of benzene rings is 1. The second-order valence-corrected chi connectivity index (χ2v) is 6.37. The van der Waals surface area contributed by atoms with Gasteiger partial charge >= 0.3 is 0 Å². The molecule has 1 N–H and O–H groups in total. The first-order chi connectivity index (χ1) is 11.2. The molecule has 0 bridgehead atoms. The number of nitrogens with one attached hydrogen (secondary N) is 1. The first-order valence-corrected chi connectivity index (χ1v) is 8.53. The predicted molar refractivity (Wildman–Crippen MR) is 91.0 cm³/mol. The molecule has 0 fully saturated rings. The maximum Gasteiger partial charge on any atom is 0.286 e. The average molecular weight is 309 g/mol. The molecule has 1 atom stereocenters. The number of fused-ring (bicyclic) bond motifs is 1. The molecule has 1 amide bonds. The first-order valence-electron chi connectivity index (χ1n) is 8.53. The van der Waals surface area contributed by atoms with Crippen LogP contribution in [0.5, 0.6) is 0 Å². The third kappa shape index (κ3) is 3.61. The molecule has 1 aromatic carbocycles. The van der Waals surface area contributed by atoms with E-state index in [1.807, 2.05) is 11.5 Å². The summed E-state index contributed by atoms with van der Waals surface area (Å²) in [5, 5.41) is 3.23. The molecule has 0 saturated carbocycles. The van der Waals surface area contributed by atoms with Crippen molar-refractivity contribution in [2.75, 3.05) is 0 Å². The molecule has 0 unspecified atom stereocenters. The Kier molecular flexibility index (Phi) is 4.75. The lowest BCUT2D eigenvalue weighted by Gasteiger charge is -2.25. The minimum absolute atomic E-state index is 0.0908. The first kappa shape index (κ1) is 15.7. The summed E-state index contributed by atoms with van der Waals surface area (Å²) in [6.45, 7) is 4.56. The van der Waals surface area contributed by atoms with Crippen LogP contribution in [0.4, 0.5) is 0 Å². The minimum atomic E-state index is 0.0908. The molecule has 1 aromatic heterocycles. The third-order valence-electron chi connectivity index (χ3n) is 4.74. The second kappa shape index (κ2) is 6.95. The van der Waals surface area contributed by atoms with Crippen molar-refractivity contribution in [1.29, 1.82) is 0 Å². The molecule has 23 heavy (non-hydrogen) atoms. The van der Waals surface area contributed by atoms with E-state index in [4.69, 9.17) is 0 Å². The van der Waals surface area contributed by atoms with E-state index in [2.05, 4.69) is 54.8 Å². The van der Waals surface area contributed by atoms with Gasteiger partial charge in [-0.3, -0.25) is 4.79 Å². The Balaban J connectivity index is 1.71. The van der Waals surface area contributed by atoms with Gasteiger partial charge in [-0.05, 0) is 42.9 Å². The van der Waals surface area contributed by atoms with Crippen molar-refractivity contribution in [3.8, 4) is 0 Å². The van der Waals surface area contributed by atoms with Crippen molar-refractivity contribution in [3.63, 3.8) is 0 Å². The summed E-state index contributed by atoms with van der Waals surface area (Å²) in [6.07, 6.45) is 6.36. The summed E-state index contributed by atoms with van der Waals surface area (Å²) in [6, 6.07) is 12.8. The Morgan fingerprint density at radius 1 is 1.26 bits per heavy atom. The van der Waals surface area contributed by atoms with Gasteiger partial charge in [0.25, 0.3) is 5.91 Å². The summed E-state index contributed by atoms with van der Waals surface area (Å²) in [5.41, 5.74) is 5.03. The van der Waals surface area contributed by atoms with Gasteiger partial charge in [0.1, 0.15) is 0 Å². The highest BCUT2D eigenvalue weighted by atomic mass is 16.2. The van der Waals surface area contributed by atoms with Crippen LogP contribution in [0.1, 0.15) is 48.2 Å². The highest BCUT2D eigenvalue weighted by Gasteiger charge is 2.23. The number of amides is 1. The van der Waals surface area contributed by atoms with Gasteiger partial charge in [0.15, 0.2) is 11.9 Å². The summed E-state index contributed by atoms with van der Waals surface area (Å²) >= 11 is 0. The Bertz CT molecular complexity index is 709. The van der Waals surface area contributed by atoms with Gasteiger partial charge in [0, 0.05) is 18.6 Å².